The van der Waals surface area contributed by atoms with Crippen LogP contribution in [0.3, 0.4) is 0 Å². The normalized spacial score (nSPS) is 26.4. The summed E-state index contributed by atoms with van der Waals surface area (Å²) in [4.78, 5) is 4.25. The Labute approximate surface area is 145 Å². The van der Waals surface area contributed by atoms with E-state index in [0.29, 0.717) is 12.6 Å². The van der Waals surface area contributed by atoms with Crippen molar-refractivity contribution in [3.8, 4) is 0 Å². The third-order valence-electron chi connectivity index (χ3n) is 3.92. The van der Waals surface area contributed by atoms with Gasteiger partial charge in [-0.15, -0.1) is 24.0 Å². The maximum absolute atomic E-state index is 10.0. The first-order valence-corrected chi connectivity index (χ1v) is 8.52. The summed E-state index contributed by atoms with van der Waals surface area (Å²) in [6.07, 6.45) is 7.95. The summed E-state index contributed by atoms with van der Waals surface area (Å²) < 4.78 is 0. The second-order valence-corrected chi connectivity index (χ2v) is 6.78. The van der Waals surface area contributed by atoms with Crippen LogP contribution in [-0.2, 0) is 0 Å². The third kappa shape index (κ3) is 7.36. The zero-order chi connectivity index (χ0) is 14.3. The Kier molecular flexibility index (Phi) is 10.3. The van der Waals surface area contributed by atoms with Gasteiger partial charge in [0.25, 0.3) is 0 Å². The molecule has 0 radical (unpaired) electrons. The van der Waals surface area contributed by atoms with Crippen molar-refractivity contribution in [3.63, 3.8) is 0 Å². The highest BCUT2D eigenvalue weighted by atomic mass is 127. The van der Waals surface area contributed by atoms with Crippen LogP contribution in [0.5, 0.6) is 0 Å². The molecule has 0 heterocycles. The molecule has 0 aliphatic heterocycles. The van der Waals surface area contributed by atoms with Gasteiger partial charge >= 0.3 is 0 Å². The summed E-state index contributed by atoms with van der Waals surface area (Å²) in [6.45, 7) is 4.36. The van der Waals surface area contributed by atoms with Gasteiger partial charge in [0.2, 0.25) is 0 Å². The zero-order valence-electron chi connectivity index (χ0n) is 13.1. The smallest absolute Gasteiger partial charge is 0.191 e. The van der Waals surface area contributed by atoms with Crippen LogP contribution in [0.4, 0.5) is 0 Å². The lowest BCUT2D eigenvalue weighted by Crippen LogP contribution is -2.49. The van der Waals surface area contributed by atoms with Crippen molar-refractivity contribution in [1.29, 1.82) is 0 Å². The Balaban J connectivity index is 0.00000361. The molecule has 6 heteroatoms. The fourth-order valence-corrected chi connectivity index (χ4v) is 3.10. The fraction of sp³-hybridized carbons (Fsp3) is 0.929. The Morgan fingerprint density at radius 1 is 1.45 bits per heavy atom. The highest BCUT2D eigenvalue weighted by Gasteiger charge is 2.23. The first kappa shape index (κ1) is 20.3. The molecule has 0 aromatic carbocycles. The van der Waals surface area contributed by atoms with E-state index < -0.39 is 5.60 Å². The van der Waals surface area contributed by atoms with Gasteiger partial charge in [-0.25, -0.2) is 0 Å². The Morgan fingerprint density at radius 2 is 2.15 bits per heavy atom. The number of aliphatic imine (C=N–C) groups is 1. The number of rotatable bonds is 5. The number of nitrogens with one attached hydrogen (secondary N) is 2. The van der Waals surface area contributed by atoms with Crippen molar-refractivity contribution in [2.24, 2.45) is 4.99 Å². The second kappa shape index (κ2) is 10.1. The lowest BCUT2D eigenvalue weighted by Gasteiger charge is -2.30. The number of hydrogen-bond donors (Lipinski definition) is 3. The van der Waals surface area contributed by atoms with Crippen molar-refractivity contribution < 1.29 is 5.11 Å². The van der Waals surface area contributed by atoms with Gasteiger partial charge in [0.15, 0.2) is 5.96 Å². The summed E-state index contributed by atoms with van der Waals surface area (Å²) in [5, 5.41) is 17.5. The highest BCUT2D eigenvalue weighted by Crippen LogP contribution is 2.26. The van der Waals surface area contributed by atoms with E-state index in [-0.39, 0.29) is 24.0 Å². The number of nitrogens with zero attached hydrogens (tertiary/aromatic N) is 1. The van der Waals surface area contributed by atoms with Gasteiger partial charge < -0.3 is 15.7 Å². The van der Waals surface area contributed by atoms with E-state index in [2.05, 4.69) is 21.9 Å². The molecule has 0 amide bonds. The monoisotopic (exact) mass is 415 g/mol. The van der Waals surface area contributed by atoms with Crippen LogP contribution in [0.1, 0.15) is 46.0 Å². The van der Waals surface area contributed by atoms with E-state index in [1.165, 1.54) is 25.7 Å². The minimum atomic E-state index is -0.675. The Morgan fingerprint density at radius 3 is 2.70 bits per heavy atom. The summed E-state index contributed by atoms with van der Waals surface area (Å²) in [5.41, 5.74) is -0.675. The first-order chi connectivity index (χ1) is 9.00. The largest absolute Gasteiger partial charge is 0.388 e. The molecule has 20 heavy (non-hydrogen) atoms. The molecule has 3 unspecified atom stereocenters. The molecule has 3 atom stereocenters. The molecule has 0 aromatic rings. The lowest BCUT2D eigenvalue weighted by molar-refractivity contribution is 0.0603. The highest BCUT2D eigenvalue weighted by molar-refractivity contribution is 14.0. The summed E-state index contributed by atoms with van der Waals surface area (Å²) in [6, 6.07) is 0.504. The number of guanidine groups is 1. The standard InChI is InChI=1S/C14H29N3OS.HI/c1-5-14(2,18)10-16-13(15-3)17-11-7-6-8-12(9-11)19-4;/h11-12,18H,5-10H2,1-4H3,(H2,15,16,17);1H. The predicted octanol–water partition coefficient (Wildman–Crippen LogP) is 2.60. The lowest BCUT2D eigenvalue weighted by atomic mass is 9.95. The van der Waals surface area contributed by atoms with Crippen molar-refractivity contribution >= 4 is 41.7 Å². The maximum atomic E-state index is 10.0. The van der Waals surface area contributed by atoms with Crippen LogP contribution >= 0.6 is 35.7 Å². The van der Waals surface area contributed by atoms with E-state index in [1.807, 2.05) is 25.6 Å². The molecule has 0 saturated heterocycles. The van der Waals surface area contributed by atoms with Crippen molar-refractivity contribution in [3.05, 3.63) is 0 Å². The SMILES string of the molecule is CCC(C)(O)CNC(=NC)NC1CCCC(SC)C1.I. The molecule has 4 nitrogen and oxygen atoms in total. The Bertz CT molecular complexity index is 300. The molecule has 0 aromatic heterocycles. The summed E-state index contributed by atoms with van der Waals surface area (Å²) in [5.74, 6) is 0.806. The van der Waals surface area contributed by atoms with Crippen molar-refractivity contribution in [2.45, 2.75) is 62.8 Å². The molecule has 1 aliphatic rings. The minimum Gasteiger partial charge on any atom is -0.388 e. The minimum absolute atomic E-state index is 0. The third-order valence-corrected chi connectivity index (χ3v) is 5.02. The quantitative estimate of drug-likeness (QED) is 0.367. The van der Waals surface area contributed by atoms with Crippen molar-refractivity contribution in [1.82, 2.24) is 10.6 Å². The van der Waals surface area contributed by atoms with E-state index in [9.17, 15) is 5.11 Å². The molecular formula is C14H30IN3OS. The van der Waals surface area contributed by atoms with Crippen LogP contribution in [0, 0.1) is 0 Å². The molecule has 1 aliphatic carbocycles. The van der Waals surface area contributed by atoms with Gasteiger partial charge in [0.05, 0.1) is 5.60 Å². The number of halogens is 1. The molecule has 1 rings (SSSR count). The van der Waals surface area contributed by atoms with E-state index in [0.717, 1.165) is 17.6 Å². The van der Waals surface area contributed by atoms with E-state index >= 15 is 0 Å². The summed E-state index contributed by atoms with van der Waals surface area (Å²) >= 11 is 1.97. The van der Waals surface area contributed by atoms with Crippen molar-refractivity contribution in [2.75, 3.05) is 19.8 Å². The Hall–Kier alpha value is 0.310. The second-order valence-electron chi connectivity index (χ2n) is 5.64. The molecule has 120 valence electrons. The van der Waals surface area contributed by atoms with Crippen LogP contribution < -0.4 is 10.6 Å². The maximum Gasteiger partial charge on any atom is 0.191 e. The average Bonchev–Trinajstić information content (AvgIpc) is 2.43. The van der Waals surface area contributed by atoms with Crippen LogP contribution in [0.2, 0.25) is 0 Å². The average molecular weight is 415 g/mol. The zero-order valence-corrected chi connectivity index (χ0v) is 16.3. The van der Waals surface area contributed by atoms with Crippen LogP contribution in [-0.4, -0.2) is 47.8 Å². The van der Waals surface area contributed by atoms with E-state index in [4.69, 9.17) is 0 Å². The topological polar surface area (TPSA) is 56.6 Å². The van der Waals surface area contributed by atoms with Crippen LogP contribution in [0.15, 0.2) is 4.99 Å². The molecular weight excluding hydrogens is 385 g/mol. The van der Waals surface area contributed by atoms with Gasteiger partial charge in [0.1, 0.15) is 0 Å². The van der Waals surface area contributed by atoms with Gasteiger partial charge in [-0.1, -0.05) is 13.3 Å². The van der Waals surface area contributed by atoms with Gasteiger partial charge in [0, 0.05) is 24.9 Å². The van der Waals surface area contributed by atoms with Gasteiger partial charge in [-0.3, -0.25) is 4.99 Å². The van der Waals surface area contributed by atoms with E-state index in [1.54, 1.807) is 7.05 Å². The molecule has 1 fully saturated rings. The number of aliphatic hydroxyl groups is 1. The first-order valence-electron chi connectivity index (χ1n) is 7.23. The molecule has 0 bridgehead atoms. The van der Waals surface area contributed by atoms with Gasteiger partial charge in [-0.2, -0.15) is 11.8 Å². The predicted molar refractivity (Wildman–Crippen MR) is 100 cm³/mol. The van der Waals surface area contributed by atoms with Gasteiger partial charge in [-0.05, 0) is 38.9 Å². The number of thioether (sulfide) groups is 1. The molecule has 1 saturated carbocycles. The number of hydrogen-bond acceptors (Lipinski definition) is 3. The fourth-order valence-electron chi connectivity index (χ4n) is 2.28. The molecule has 3 N–H and O–H groups in total. The van der Waals surface area contributed by atoms with Crippen LogP contribution in [0.25, 0.3) is 0 Å². The molecule has 0 spiro atoms. The summed E-state index contributed by atoms with van der Waals surface area (Å²) in [7, 11) is 1.78.